The Bertz CT molecular complexity index is 1150. The summed E-state index contributed by atoms with van der Waals surface area (Å²) < 4.78 is 0. The Balaban J connectivity index is 1.47. The van der Waals surface area contributed by atoms with Gasteiger partial charge in [0.25, 0.3) is 0 Å². The molecule has 1 heterocycles. The average molecular weight is 445 g/mol. The van der Waals surface area contributed by atoms with Gasteiger partial charge in [0, 0.05) is 46.3 Å². The number of carbonyl (C=O) groups excluding carboxylic acids is 1. The van der Waals surface area contributed by atoms with Crippen molar-refractivity contribution in [2.24, 2.45) is 11.3 Å². The number of benzene rings is 2. The molecule has 2 aliphatic carbocycles. The molecule has 0 saturated heterocycles. The van der Waals surface area contributed by atoms with Crippen LogP contribution in [-0.2, 0) is 23.4 Å². The summed E-state index contributed by atoms with van der Waals surface area (Å²) in [5.74, 6) is 1.79. The van der Waals surface area contributed by atoms with Crippen molar-refractivity contribution < 1.29 is 4.79 Å². The minimum absolute atomic E-state index is 0.0242. The van der Waals surface area contributed by atoms with Crippen molar-refractivity contribution in [3.05, 3.63) is 71.0 Å². The van der Waals surface area contributed by atoms with Crippen molar-refractivity contribution in [1.82, 2.24) is 10.3 Å². The first-order chi connectivity index (χ1) is 15.4. The van der Waals surface area contributed by atoms with Crippen LogP contribution in [0.4, 0.5) is 0 Å². The molecule has 1 saturated carbocycles. The van der Waals surface area contributed by atoms with Gasteiger partial charge in [0.15, 0.2) is 0 Å². The molecule has 0 spiro atoms. The van der Waals surface area contributed by atoms with E-state index in [0.717, 1.165) is 18.6 Å². The van der Waals surface area contributed by atoms with Crippen molar-refractivity contribution in [3.63, 3.8) is 0 Å². The molecule has 32 heavy (non-hydrogen) atoms. The maximum Gasteiger partial charge on any atom is 0.223 e. The van der Waals surface area contributed by atoms with Gasteiger partial charge in [-0.1, -0.05) is 51.1 Å². The van der Waals surface area contributed by atoms with Gasteiger partial charge in [-0.05, 0) is 65.3 Å². The highest BCUT2D eigenvalue weighted by Crippen LogP contribution is 2.44. The maximum atomic E-state index is 13.0. The summed E-state index contributed by atoms with van der Waals surface area (Å²) in [6.07, 6.45) is 6.23. The summed E-state index contributed by atoms with van der Waals surface area (Å²) in [6.45, 7) is 7.19. The predicted molar refractivity (Wildman–Crippen MR) is 133 cm³/mol. The van der Waals surface area contributed by atoms with Gasteiger partial charge in [-0.3, -0.25) is 9.78 Å². The van der Waals surface area contributed by atoms with Crippen LogP contribution in [0.1, 0.15) is 61.9 Å². The SMILES string of the molecule is CC(C)(C)CNC(=O)C1Cc2cc3cnc(C4CC4)cc3c(SCc3ccccc3)c2C1. The number of hydrogen-bond donors (Lipinski definition) is 1. The zero-order valence-corrected chi connectivity index (χ0v) is 20.1. The van der Waals surface area contributed by atoms with Gasteiger partial charge in [0.05, 0.1) is 0 Å². The fourth-order valence-electron chi connectivity index (χ4n) is 4.55. The van der Waals surface area contributed by atoms with Crippen LogP contribution >= 0.6 is 11.8 Å². The fraction of sp³-hybridized carbons (Fsp3) is 0.429. The van der Waals surface area contributed by atoms with Crippen LogP contribution in [0.5, 0.6) is 0 Å². The number of aromatic nitrogens is 1. The number of amides is 1. The highest BCUT2D eigenvalue weighted by Gasteiger charge is 2.32. The first-order valence-corrected chi connectivity index (χ1v) is 12.7. The van der Waals surface area contributed by atoms with E-state index < -0.39 is 0 Å². The van der Waals surface area contributed by atoms with Crippen LogP contribution in [0.15, 0.2) is 53.6 Å². The van der Waals surface area contributed by atoms with Crippen LogP contribution in [0.25, 0.3) is 10.8 Å². The quantitative estimate of drug-likeness (QED) is 0.455. The number of nitrogens with zero attached hydrogens (tertiary/aromatic N) is 1. The Labute approximate surface area is 195 Å². The summed E-state index contributed by atoms with van der Waals surface area (Å²) in [4.78, 5) is 19.1. The summed E-state index contributed by atoms with van der Waals surface area (Å²) in [6, 6.07) is 15.3. The topological polar surface area (TPSA) is 42.0 Å². The molecule has 1 atom stereocenters. The molecule has 4 heteroatoms. The van der Waals surface area contributed by atoms with E-state index >= 15 is 0 Å². The molecular weight excluding hydrogens is 412 g/mol. The molecule has 1 unspecified atom stereocenters. The predicted octanol–water partition coefficient (Wildman–Crippen LogP) is 6.28. The largest absolute Gasteiger partial charge is 0.355 e. The molecule has 3 aromatic rings. The lowest BCUT2D eigenvalue weighted by Gasteiger charge is -2.20. The van der Waals surface area contributed by atoms with E-state index in [0.29, 0.717) is 12.5 Å². The van der Waals surface area contributed by atoms with Crippen LogP contribution in [-0.4, -0.2) is 17.4 Å². The molecule has 0 bridgehead atoms. The number of hydrogen-bond acceptors (Lipinski definition) is 3. The number of fused-ring (bicyclic) bond motifs is 2. The molecule has 1 amide bonds. The van der Waals surface area contributed by atoms with Gasteiger partial charge in [0.2, 0.25) is 5.91 Å². The van der Waals surface area contributed by atoms with Gasteiger partial charge in [-0.15, -0.1) is 11.8 Å². The molecule has 166 valence electrons. The van der Waals surface area contributed by atoms with Gasteiger partial charge in [-0.25, -0.2) is 0 Å². The van der Waals surface area contributed by atoms with Crippen molar-refractivity contribution >= 4 is 28.4 Å². The third kappa shape index (κ3) is 4.71. The van der Waals surface area contributed by atoms with Gasteiger partial charge < -0.3 is 5.32 Å². The Morgan fingerprint density at radius 1 is 1.12 bits per heavy atom. The lowest BCUT2D eigenvalue weighted by molar-refractivity contribution is -0.125. The third-order valence-corrected chi connectivity index (χ3v) is 7.73. The van der Waals surface area contributed by atoms with E-state index in [1.54, 1.807) is 0 Å². The average Bonchev–Trinajstić information content (AvgIpc) is 3.54. The Morgan fingerprint density at radius 2 is 1.91 bits per heavy atom. The van der Waals surface area contributed by atoms with Crippen molar-refractivity contribution in [1.29, 1.82) is 0 Å². The summed E-state index contributed by atoms with van der Waals surface area (Å²) in [7, 11) is 0. The van der Waals surface area contributed by atoms with E-state index in [2.05, 4.69) is 74.7 Å². The van der Waals surface area contributed by atoms with Crippen LogP contribution < -0.4 is 5.32 Å². The minimum Gasteiger partial charge on any atom is -0.355 e. The Kier molecular flexibility index (Phi) is 5.75. The number of rotatable bonds is 6. The lowest BCUT2D eigenvalue weighted by atomic mass is 9.96. The monoisotopic (exact) mass is 444 g/mol. The van der Waals surface area contributed by atoms with E-state index in [1.807, 2.05) is 11.8 Å². The second-order valence-corrected chi connectivity index (χ2v) is 11.6. The fourth-order valence-corrected chi connectivity index (χ4v) is 5.77. The molecule has 1 N–H and O–H groups in total. The summed E-state index contributed by atoms with van der Waals surface area (Å²) in [5.41, 5.74) is 5.36. The third-order valence-electron chi connectivity index (χ3n) is 6.49. The molecule has 5 rings (SSSR count). The van der Waals surface area contributed by atoms with Crippen LogP contribution in [0.3, 0.4) is 0 Å². The summed E-state index contributed by atoms with van der Waals surface area (Å²) in [5, 5.41) is 5.72. The molecule has 0 radical (unpaired) electrons. The molecule has 2 aromatic carbocycles. The number of carbonyl (C=O) groups is 1. The van der Waals surface area contributed by atoms with E-state index in [9.17, 15) is 4.79 Å². The first kappa shape index (κ1) is 21.5. The first-order valence-electron chi connectivity index (χ1n) is 11.8. The minimum atomic E-state index is 0.0242. The molecule has 2 aliphatic rings. The smallest absolute Gasteiger partial charge is 0.223 e. The van der Waals surface area contributed by atoms with E-state index in [1.165, 1.54) is 50.9 Å². The highest BCUT2D eigenvalue weighted by molar-refractivity contribution is 7.98. The standard InChI is InChI=1S/C28H32N2OS/c1-28(2,3)17-30-27(31)21-11-20-12-22-15-29-25(19-9-10-19)14-24(22)26(23(20)13-21)32-16-18-7-5-4-6-8-18/h4-8,12,14-15,19,21H,9-11,13,16-17H2,1-3H3,(H,30,31). The zero-order valence-electron chi connectivity index (χ0n) is 19.3. The van der Waals surface area contributed by atoms with E-state index in [4.69, 9.17) is 4.98 Å². The Hall–Kier alpha value is -2.33. The molecular formula is C28H32N2OS. The second kappa shape index (κ2) is 8.55. The number of pyridine rings is 1. The zero-order chi connectivity index (χ0) is 22.3. The van der Waals surface area contributed by atoms with Crippen molar-refractivity contribution in [3.8, 4) is 0 Å². The van der Waals surface area contributed by atoms with Crippen LogP contribution in [0.2, 0.25) is 0 Å². The van der Waals surface area contributed by atoms with Crippen molar-refractivity contribution in [2.75, 3.05) is 6.54 Å². The Morgan fingerprint density at radius 3 is 2.62 bits per heavy atom. The molecule has 1 aromatic heterocycles. The molecule has 3 nitrogen and oxygen atoms in total. The normalized spacial score (nSPS) is 18.0. The van der Waals surface area contributed by atoms with Gasteiger partial charge in [-0.2, -0.15) is 0 Å². The maximum absolute atomic E-state index is 13.0. The van der Waals surface area contributed by atoms with Crippen molar-refractivity contribution in [2.45, 2.75) is 63.0 Å². The molecule has 1 fully saturated rings. The lowest BCUT2D eigenvalue weighted by Crippen LogP contribution is -2.36. The van der Waals surface area contributed by atoms with Crippen LogP contribution in [0, 0.1) is 11.3 Å². The van der Waals surface area contributed by atoms with E-state index in [-0.39, 0.29) is 17.2 Å². The number of nitrogens with one attached hydrogen (secondary N) is 1. The van der Waals surface area contributed by atoms with Gasteiger partial charge >= 0.3 is 0 Å². The van der Waals surface area contributed by atoms with Gasteiger partial charge in [0.1, 0.15) is 0 Å². The highest BCUT2D eigenvalue weighted by atomic mass is 32.2. The number of thioether (sulfide) groups is 1. The second-order valence-electron chi connectivity index (χ2n) is 10.6. The molecule has 0 aliphatic heterocycles. The summed E-state index contributed by atoms with van der Waals surface area (Å²) >= 11 is 1.92.